The number of nitrogens with zero attached hydrogens (tertiary/aromatic N) is 1. The van der Waals surface area contributed by atoms with Crippen LogP contribution in [-0.2, 0) is 6.54 Å². The van der Waals surface area contributed by atoms with E-state index < -0.39 is 12.7 Å². The molecule has 0 spiro atoms. The van der Waals surface area contributed by atoms with Crippen molar-refractivity contribution < 1.29 is 18.3 Å². The Morgan fingerprint density at radius 2 is 1.97 bits per heavy atom. The maximum absolute atomic E-state index is 13.1. The molecule has 1 aromatic heterocycles. The van der Waals surface area contributed by atoms with E-state index in [1.807, 2.05) is 12.3 Å². The molecule has 0 fully saturated rings. The van der Waals surface area contributed by atoms with Gasteiger partial charge in [-0.2, -0.15) is 13.2 Å². The standard InChI is InChI=1S/C21H22F3N3OS.CH5N/c1-5-20-19(14(2)25-3)11-16(27(20)13-21(22,23)24)7-6-8-26-15-9-17(28)12-18(10-15)29-4;1-2/h5,9-12,25-26,28H,1-2,8,13H2,3-4H3;2H2,1H3. The Labute approximate surface area is 185 Å². The lowest BCUT2D eigenvalue weighted by Gasteiger charge is -2.13. The number of phenolic OH excluding ortho intramolecular Hbond substituents is 1. The molecule has 168 valence electrons. The lowest BCUT2D eigenvalue weighted by atomic mass is 10.2. The van der Waals surface area contributed by atoms with Crippen molar-refractivity contribution in [2.24, 2.45) is 5.73 Å². The van der Waals surface area contributed by atoms with Crippen molar-refractivity contribution in [3.8, 4) is 17.6 Å². The monoisotopic (exact) mass is 452 g/mol. The first-order valence-corrected chi connectivity index (χ1v) is 10.4. The van der Waals surface area contributed by atoms with Crippen LogP contribution in [0.15, 0.2) is 42.3 Å². The number of nitrogens with two attached hydrogens (primary N) is 1. The maximum Gasteiger partial charge on any atom is 0.406 e. The van der Waals surface area contributed by atoms with Gasteiger partial charge in [0.1, 0.15) is 12.3 Å². The van der Waals surface area contributed by atoms with Crippen LogP contribution in [0.2, 0.25) is 0 Å². The summed E-state index contributed by atoms with van der Waals surface area (Å²) in [5.74, 6) is 5.74. The summed E-state index contributed by atoms with van der Waals surface area (Å²) >= 11 is 1.48. The Kier molecular flexibility index (Phi) is 10.1. The zero-order valence-electron chi connectivity index (χ0n) is 17.7. The molecule has 0 bridgehead atoms. The molecule has 0 saturated heterocycles. The molecule has 0 aliphatic carbocycles. The van der Waals surface area contributed by atoms with Crippen molar-refractivity contribution in [2.45, 2.75) is 17.6 Å². The van der Waals surface area contributed by atoms with E-state index in [-0.39, 0.29) is 18.0 Å². The summed E-state index contributed by atoms with van der Waals surface area (Å²) in [7, 11) is 3.14. The van der Waals surface area contributed by atoms with Crippen molar-refractivity contribution in [1.29, 1.82) is 0 Å². The number of phenols is 1. The van der Waals surface area contributed by atoms with Crippen molar-refractivity contribution in [3.63, 3.8) is 0 Å². The molecule has 0 amide bonds. The lowest BCUT2D eigenvalue weighted by molar-refractivity contribution is -0.140. The number of anilines is 1. The predicted octanol–water partition coefficient (Wildman–Crippen LogP) is 4.35. The second-order valence-electron chi connectivity index (χ2n) is 6.04. The van der Waals surface area contributed by atoms with Crippen LogP contribution in [0.1, 0.15) is 17.0 Å². The predicted molar refractivity (Wildman–Crippen MR) is 124 cm³/mol. The molecule has 0 aliphatic heterocycles. The van der Waals surface area contributed by atoms with Gasteiger partial charge >= 0.3 is 6.18 Å². The Morgan fingerprint density at radius 1 is 1.29 bits per heavy atom. The Bertz CT molecular complexity index is 972. The summed E-state index contributed by atoms with van der Waals surface area (Å²) in [5, 5.41) is 15.6. The number of aromatic hydroxyl groups is 1. The van der Waals surface area contributed by atoms with Gasteiger partial charge in [0.25, 0.3) is 0 Å². The van der Waals surface area contributed by atoms with E-state index in [0.29, 0.717) is 22.6 Å². The summed E-state index contributed by atoms with van der Waals surface area (Å²) in [6.07, 6.45) is -1.15. The van der Waals surface area contributed by atoms with Gasteiger partial charge in [-0.1, -0.05) is 19.1 Å². The van der Waals surface area contributed by atoms with Crippen LogP contribution in [0, 0.1) is 11.8 Å². The van der Waals surface area contributed by atoms with E-state index in [0.717, 1.165) is 9.46 Å². The minimum Gasteiger partial charge on any atom is -0.508 e. The molecule has 0 radical (unpaired) electrons. The van der Waals surface area contributed by atoms with Crippen molar-refractivity contribution in [1.82, 2.24) is 9.88 Å². The highest BCUT2D eigenvalue weighted by Crippen LogP contribution is 2.27. The second kappa shape index (κ2) is 12.0. The van der Waals surface area contributed by atoms with Crippen molar-refractivity contribution in [2.75, 3.05) is 32.2 Å². The Hall–Kier alpha value is -2.96. The summed E-state index contributed by atoms with van der Waals surface area (Å²) in [6.45, 7) is 6.47. The number of benzene rings is 1. The molecular weight excluding hydrogens is 425 g/mol. The molecule has 0 aliphatic rings. The molecule has 1 aromatic carbocycles. The van der Waals surface area contributed by atoms with Crippen LogP contribution in [0.4, 0.5) is 18.9 Å². The zero-order valence-corrected chi connectivity index (χ0v) is 18.5. The quantitative estimate of drug-likeness (QED) is 0.371. The largest absolute Gasteiger partial charge is 0.508 e. The maximum atomic E-state index is 13.1. The molecule has 2 rings (SSSR count). The number of hydrogen-bond donors (Lipinski definition) is 4. The zero-order chi connectivity index (χ0) is 23.6. The fraction of sp³-hybridized carbons (Fsp3) is 0.273. The van der Waals surface area contributed by atoms with Crippen LogP contribution < -0.4 is 16.4 Å². The van der Waals surface area contributed by atoms with Gasteiger partial charge in [0.05, 0.1) is 17.9 Å². The fourth-order valence-electron chi connectivity index (χ4n) is 2.70. The Morgan fingerprint density at radius 3 is 2.52 bits per heavy atom. The molecule has 5 N–H and O–H groups in total. The number of aromatic nitrogens is 1. The van der Waals surface area contributed by atoms with Gasteiger partial charge < -0.3 is 26.0 Å². The molecule has 0 unspecified atom stereocenters. The molecule has 2 aromatic rings. The first kappa shape index (κ1) is 26.1. The van der Waals surface area contributed by atoms with Gasteiger partial charge in [-0.3, -0.25) is 0 Å². The fourth-order valence-corrected chi connectivity index (χ4v) is 3.18. The minimum atomic E-state index is -4.40. The smallest absolute Gasteiger partial charge is 0.406 e. The van der Waals surface area contributed by atoms with E-state index in [9.17, 15) is 18.3 Å². The average Bonchev–Trinajstić information content (AvgIpc) is 3.07. The van der Waals surface area contributed by atoms with Gasteiger partial charge in [-0.15, -0.1) is 11.8 Å². The molecule has 1 heterocycles. The molecular formula is C22H27F3N4OS. The van der Waals surface area contributed by atoms with Crippen molar-refractivity contribution in [3.05, 3.63) is 54.4 Å². The first-order chi connectivity index (χ1) is 14.7. The van der Waals surface area contributed by atoms with Gasteiger partial charge in [0.2, 0.25) is 0 Å². The van der Waals surface area contributed by atoms with Crippen LogP contribution in [0.5, 0.6) is 5.75 Å². The third kappa shape index (κ3) is 7.66. The number of hydrogen-bond acceptors (Lipinski definition) is 5. The highest BCUT2D eigenvalue weighted by Gasteiger charge is 2.30. The van der Waals surface area contributed by atoms with Crippen LogP contribution in [-0.4, -0.2) is 42.7 Å². The molecule has 0 saturated carbocycles. The highest BCUT2D eigenvalue weighted by atomic mass is 32.2. The molecule has 9 heteroatoms. The number of nitrogens with one attached hydrogen (secondary N) is 2. The van der Waals surface area contributed by atoms with Gasteiger partial charge in [0.15, 0.2) is 0 Å². The molecule has 5 nitrogen and oxygen atoms in total. The van der Waals surface area contributed by atoms with E-state index >= 15 is 0 Å². The number of halogens is 3. The van der Waals surface area contributed by atoms with Gasteiger partial charge in [-0.25, -0.2) is 0 Å². The molecule has 31 heavy (non-hydrogen) atoms. The second-order valence-corrected chi connectivity index (χ2v) is 6.92. The van der Waals surface area contributed by atoms with E-state index in [1.165, 1.54) is 24.9 Å². The SMILES string of the molecule is C=Cc1c(C(=C)NC)cc(C#CCNc2cc(O)cc(SC)c2)n1CC(F)(F)F.CN. The summed E-state index contributed by atoms with van der Waals surface area (Å²) in [4.78, 5) is 0.880. The third-order valence-electron chi connectivity index (χ3n) is 4.02. The van der Waals surface area contributed by atoms with Crippen LogP contribution in [0.25, 0.3) is 11.8 Å². The van der Waals surface area contributed by atoms with Gasteiger partial charge in [0, 0.05) is 35.0 Å². The topological polar surface area (TPSA) is 75.2 Å². The Balaban J connectivity index is 0.00000233. The molecule has 0 atom stereocenters. The number of thioether (sulfide) groups is 1. The normalized spacial score (nSPS) is 10.3. The van der Waals surface area contributed by atoms with Crippen LogP contribution >= 0.6 is 11.8 Å². The van der Waals surface area contributed by atoms with E-state index in [2.05, 4.69) is 41.4 Å². The average molecular weight is 453 g/mol. The van der Waals surface area contributed by atoms with E-state index in [1.54, 1.807) is 25.2 Å². The highest BCUT2D eigenvalue weighted by molar-refractivity contribution is 7.98. The van der Waals surface area contributed by atoms with Crippen LogP contribution in [0.3, 0.4) is 0 Å². The number of rotatable bonds is 7. The minimum absolute atomic E-state index is 0.122. The van der Waals surface area contributed by atoms with E-state index in [4.69, 9.17) is 0 Å². The van der Waals surface area contributed by atoms with Crippen molar-refractivity contribution >= 4 is 29.2 Å². The summed E-state index contributed by atoms with van der Waals surface area (Å²) in [5.41, 5.74) is 6.68. The lowest BCUT2D eigenvalue weighted by Crippen LogP contribution is -2.20. The summed E-state index contributed by atoms with van der Waals surface area (Å²) in [6, 6.07) is 6.61. The third-order valence-corrected chi connectivity index (χ3v) is 4.73. The number of alkyl halides is 3. The summed E-state index contributed by atoms with van der Waals surface area (Å²) < 4.78 is 40.3. The first-order valence-electron chi connectivity index (χ1n) is 9.16. The van der Waals surface area contributed by atoms with Gasteiger partial charge in [-0.05, 0) is 43.5 Å².